The van der Waals surface area contributed by atoms with Crippen molar-refractivity contribution in [2.24, 2.45) is 0 Å². The molecule has 3 aromatic carbocycles. The molecule has 0 N–H and O–H groups in total. The first kappa shape index (κ1) is 28.7. The second kappa shape index (κ2) is 11.5. The molecule has 3 atom stereocenters. The van der Waals surface area contributed by atoms with E-state index in [0.717, 1.165) is 12.8 Å². The first-order valence-corrected chi connectivity index (χ1v) is 17.0. The van der Waals surface area contributed by atoms with Crippen molar-refractivity contribution in [3.63, 3.8) is 0 Å². The van der Waals surface area contributed by atoms with E-state index in [2.05, 4.69) is 152 Å². The van der Waals surface area contributed by atoms with Gasteiger partial charge in [-0.25, -0.2) is 0 Å². The smallest absolute Gasteiger partial charge is 0.129 e. The number of rotatable bonds is 9. The predicted octanol–water partition coefficient (Wildman–Crippen LogP) is 9.97. The molecule has 2 heteroatoms. The highest BCUT2D eigenvalue weighted by molar-refractivity contribution is 5.74. The average molecular weight is 579 g/mol. The highest BCUT2D eigenvalue weighted by Gasteiger charge is 2.74. The molecule has 7 rings (SSSR count). The Morgan fingerprint density at radius 3 is 1.93 bits per heavy atom. The fourth-order valence-corrected chi connectivity index (χ4v) is 8.61. The second-order valence-electron chi connectivity index (χ2n) is 13.1. The van der Waals surface area contributed by atoms with Gasteiger partial charge in [-0.05, 0) is 65.6 Å². The average Bonchev–Trinajstić information content (AvgIpc) is 3.38. The van der Waals surface area contributed by atoms with Gasteiger partial charge in [-0.1, -0.05) is 114 Å². The van der Waals surface area contributed by atoms with Crippen LogP contribution in [0.25, 0.3) is 33.6 Å². The maximum absolute atomic E-state index is 2.68. The Bertz CT molecular complexity index is 1800. The standard InChI is InChI=1S/C42H46N2/c1-5-8-17-31(4)33-24-27-43-39(29-33)35-20-13-15-22-37(35)41(7-3,26-9-6-2)42(43)38-23-16-14-21-36(38)40-30-34(25-28-44(40)42)32-18-11-10-12-19-32/h10-16,18-25,27-31H,5-9,17,26H2,1-4H3/q+2/t31?,41?,42-/m0/s1. The molecule has 5 aromatic rings. The van der Waals surface area contributed by atoms with Crippen molar-refractivity contribution < 1.29 is 9.13 Å². The Hall–Kier alpha value is -4.04. The van der Waals surface area contributed by atoms with Crippen LogP contribution in [0.2, 0.25) is 0 Å². The summed E-state index contributed by atoms with van der Waals surface area (Å²) >= 11 is 0. The minimum Gasteiger partial charge on any atom is -0.129 e. The number of unbranched alkanes of at least 4 members (excludes halogenated alkanes) is 2. The van der Waals surface area contributed by atoms with E-state index < -0.39 is 5.66 Å². The van der Waals surface area contributed by atoms with Crippen LogP contribution in [0.3, 0.4) is 0 Å². The zero-order chi connectivity index (χ0) is 30.3. The van der Waals surface area contributed by atoms with Crippen LogP contribution in [0.15, 0.2) is 116 Å². The molecule has 0 aliphatic carbocycles. The third-order valence-corrected chi connectivity index (χ3v) is 10.8. The lowest BCUT2D eigenvalue weighted by atomic mass is 9.59. The summed E-state index contributed by atoms with van der Waals surface area (Å²) < 4.78 is 5.34. The normalized spacial score (nSPS) is 20.1. The monoisotopic (exact) mass is 578 g/mol. The zero-order valence-electron chi connectivity index (χ0n) is 26.9. The van der Waals surface area contributed by atoms with E-state index in [9.17, 15) is 0 Å². The van der Waals surface area contributed by atoms with Gasteiger partial charge in [0.1, 0.15) is 11.0 Å². The SMILES string of the molecule is CCCCC(C)c1cc[n+]2c(c1)-c1ccccc1C(CC)(CCCC)[C@@]21c2ccccc2-c2cc(-c3ccccc3)cc[n+]21. The summed E-state index contributed by atoms with van der Waals surface area (Å²) in [5.74, 6) is 0.533. The van der Waals surface area contributed by atoms with Gasteiger partial charge in [0.25, 0.3) is 0 Å². The van der Waals surface area contributed by atoms with Gasteiger partial charge in [0.2, 0.25) is 11.4 Å². The van der Waals surface area contributed by atoms with Crippen molar-refractivity contribution in [1.82, 2.24) is 0 Å². The maximum atomic E-state index is 2.68. The summed E-state index contributed by atoms with van der Waals surface area (Å²) in [5, 5.41) is 0. The Balaban J connectivity index is 1.58. The number of benzene rings is 3. The zero-order valence-corrected chi connectivity index (χ0v) is 26.9. The molecular formula is C42H46N2+2. The fourth-order valence-electron chi connectivity index (χ4n) is 8.61. The molecule has 0 fully saturated rings. The van der Waals surface area contributed by atoms with Crippen LogP contribution in [-0.4, -0.2) is 0 Å². The summed E-state index contributed by atoms with van der Waals surface area (Å²) in [5.41, 5.74) is 11.7. The molecule has 0 amide bonds. The Morgan fingerprint density at radius 2 is 1.23 bits per heavy atom. The lowest BCUT2D eigenvalue weighted by Gasteiger charge is -2.44. The second-order valence-corrected chi connectivity index (χ2v) is 13.1. The number of nitrogens with zero attached hydrogens (tertiary/aromatic N) is 2. The molecule has 2 unspecified atom stereocenters. The molecule has 0 radical (unpaired) electrons. The molecule has 2 nitrogen and oxygen atoms in total. The summed E-state index contributed by atoms with van der Waals surface area (Å²) in [6.07, 6.45) is 13.1. The predicted molar refractivity (Wildman–Crippen MR) is 181 cm³/mol. The highest BCUT2D eigenvalue weighted by atomic mass is 15.3. The number of aromatic nitrogens is 2. The van der Waals surface area contributed by atoms with Crippen molar-refractivity contribution in [2.75, 3.05) is 0 Å². The van der Waals surface area contributed by atoms with Crippen LogP contribution in [-0.2, 0) is 11.1 Å². The van der Waals surface area contributed by atoms with Gasteiger partial charge < -0.3 is 0 Å². The van der Waals surface area contributed by atoms with E-state index >= 15 is 0 Å². The quantitative estimate of drug-likeness (QED) is 0.154. The van der Waals surface area contributed by atoms with Gasteiger partial charge >= 0.3 is 5.66 Å². The van der Waals surface area contributed by atoms with E-state index in [0.29, 0.717) is 5.92 Å². The lowest BCUT2D eigenvalue weighted by Crippen LogP contribution is -2.82. The third-order valence-electron chi connectivity index (χ3n) is 10.8. The van der Waals surface area contributed by atoms with Crippen LogP contribution in [0.5, 0.6) is 0 Å². The van der Waals surface area contributed by atoms with E-state index in [-0.39, 0.29) is 5.41 Å². The largest absolute Gasteiger partial charge is 0.399 e. The number of hydrogen-bond acceptors (Lipinski definition) is 0. The molecule has 0 bridgehead atoms. The van der Waals surface area contributed by atoms with Crippen molar-refractivity contribution in [3.8, 4) is 33.6 Å². The van der Waals surface area contributed by atoms with E-state index in [1.807, 2.05) is 0 Å². The topological polar surface area (TPSA) is 7.76 Å². The summed E-state index contributed by atoms with van der Waals surface area (Å²) in [7, 11) is 0. The fraction of sp³-hybridized carbons (Fsp3) is 0.333. The van der Waals surface area contributed by atoms with Crippen LogP contribution >= 0.6 is 0 Å². The summed E-state index contributed by atoms with van der Waals surface area (Å²) in [6, 6.07) is 39.2. The first-order chi connectivity index (χ1) is 21.6. The molecule has 4 heterocycles. The van der Waals surface area contributed by atoms with Gasteiger partial charge in [-0.2, -0.15) is 0 Å². The first-order valence-electron chi connectivity index (χ1n) is 17.0. The minimum absolute atomic E-state index is 0.132. The molecular weight excluding hydrogens is 532 g/mol. The van der Waals surface area contributed by atoms with E-state index in [1.165, 1.54) is 82.4 Å². The number of fused-ring (bicyclic) bond motifs is 9. The Kier molecular flexibility index (Phi) is 7.49. The Morgan fingerprint density at radius 1 is 0.614 bits per heavy atom. The van der Waals surface area contributed by atoms with Crippen LogP contribution in [0, 0.1) is 0 Å². The van der Waals surface area contributed by atoms with Crippen LogP contribution < -0.4 is 9.13 Å². The molecule has 44 heavy (non-hydrogen) atoms. The summed E-state index contributed by atoms with van der Waals surface area (Å²) in [6.45, 7) is 9.47. The van der Waals surface area contributed by atoms with Crippen molar-refractivity contribution in [3.05, 3.63) is 132 Å². The summed E-state index contributed by atoms with van der Waals surface area (Å²) in [4.78, 5) is 0. The molecule has 222 valence electrons. The van der Waals surface area contributed by atoms with Crippen molar-refractivity contribution in [2.45, 2.75) is 89.6 Å². The van der Waals surface area contributed by atoms with Gasteiger partial charge in [-0.3, -0.25) is 0 Å². The van der Waals surface area contributed by atoms with Crippen molar-refractivity contribution in [1.29, 1.82) is 0 Å². The Labute approximate surface area is 264 Å². The minimum atomic E-state index is -0.424. The maximum Gasteiger partial charge on any atom is 0.399 e. The molecule has 1 spiro atoms. The van der Waals surface area contributed by atoms with Gasteiger partial charge in [0.15, 0.2) is 12.4 Å². The number of pyridine rings is 2. The van der Waals surface area contributed by atoms with Gasteiger partial charge in [-0.15, -0.1) is 9.13 Å². The lowest BCUT2D eigenvalue weighted by molar-refractivity contribution is -0.982. The molecule has 0 saturated carbocycles. The molecule has 2 aromatic heterocycles. The van der Waals surface area contributed by atoms with E-state index in [1.54, 1.807) is 0 Å². The van der Waals surface area contributed by atoms with Crippen molar-refractivity contribution >= 4 is 0 Å². The number of hydrogen-bond donors (Lipinski definition) is 0. The van der Waals surface area contributed by atoms with Gasteiger partial charge in [0.05, 0.1) is 11.1 Å². The van der Waals surface area contributed by atoms with Crippen LogP contribution in [0.4, 0.5) is 0 Å². The molecule has 2 aliphatic heterocycles. The molecule has 2 aliphatic rings. The third kappa shape index (κ3) is 4.06. The van der Waals surface area contributed by atoms with Gasteiger partial charge in [0, 0.05) is 24.3 Å². The highest BCUT2D eigenvalue weighted by Crippen LogP contribution is 2.56. The van der Waals surface area contributed by atoms with E-state index in [4.69, 9.17) is 0 Å². The van der Waals surface area contributed by atoms with Crippen LogP contribution in [0.1, 0.15) is 95.2 Å². The molecule has 0 saturated heterocycles.